The molecular formula is C26H24ClF3N4O2. The van der Waals surface area contributed by atoms with Crippen molar-refractivity contribution in [3.63, 3.8) is 0 Å². The Hall–Kier alpha value is -3.64. The van der Waals surface area contributed by atoms with E-state index in [4.69, 9.17) is 16.3 Å². The van der Waals surface area contributed by atoms with Gasteiger partial charge >= 0.3 is 6.18 Å². The molecule has 36 heavy (non-hydrogen) atoms. The van der Waals surface area contributed by atoms with Gasteiger partial charge in [0.25, 0.3) is 5.91 Å². The lowest BCUT2D eigenvalue weighted by Crippen LogP contribution is -2.51. The van der Waals surface area contributed by atoms with E-state index in [1.165, 1.54) is 26.2 Å². The second-order valence-electron chi connectivity index (χ2n) is 8.78. The van der Waals surface area contributed by atoms with Crippen molar-refractivity contribution in [3.8, 4) is 11.9 Å². The number of nitrogens with one attached hydrogen (secondary N) is 1. The summed E-state index contributed by atoms with van der Waals surface area (Å²) in [6.07, 6.45) is 0.0165. The van der Waals surface area contributed by atoms with Gasteiger partial charge in [-0.05, 0) is 68.7 Å². The topological polar surface area (TPSA) is 87.9 Å². The third-order valence-corrected chi connectivity index (χ3v) is 5.88. The van der Waals surface area contributed by atoms with Crippen molar-refractivity contribution < 1.29 is 22.7 Å². The number of ether oxygens (including phenoxy) is 1. The first-order valence-corrected chi connectivity index (χ1v) is 11.4. The van der Waals surface area contributed by atoms with Crippen LogP contribution in [0.1, 0.15) is 48.9 Å². The fraction of sp³-hybridized carbons (Fsp3) is 0.308. The van der Waals surface area contributed by atoms with Crippen LogP contribution in [0.5, 0.6) is 5.88 Å². The Labute approximate surface area is 212 Å². The third-order valence-electron chi connectivity index (χ3n) is 5.62. The minimum Gasteiger partial charge on any atom is -0.461 e. The molecule has 188 valence electrons. The summed E-state index contributed by atoms with van der Waals surface area (Å²) in [5.41, 5.74) is -0.712. The lowest BCUT2D eigenvalue weighted by atomic mass is 9.86. The molecule has 0 radical (unpaired) electrons. The van der Waals surface area contributed by atoms with Crippen molar-refractivity contribution in [2.75, 3.05) is 0 Å². The minimum atomic E-state index is -4.69. The highest BCUT2D eigenvalue weighted by Crippen LogP contribution is 2.36. The number of carbonyl (C=O) groups excluding carboxylic acids is 1. The van der Waals surface area contributed by atoms with E-state index in [1.54, 1.807) is 31.3 Å². The van der Waals surface area contributed by atoms with Crippen LogP contribution in [-0.2, 0) is 17.4 Å². The predicted octanol–water partition coefficient (Wildman–Crippen LogP) is 5.71. The normalized spacial score (nSPS) is 13.4. The van der Waals surface area contributed by atoms with Crippen molar-refractivity contribution in [3.05, 3.63) is 88.3 Å². The SMILES string of the molecule is CC(NC(=O)C(C)(C)Oc1ncccc1C(F)(F)F)C(Cc1ccc(Cl)cc1)c1cncc(C#N)c1. The van der Waals surface area contributed by atoms with E-state index in [0.717, 1.165) is 23.3 Å². The summed E-state index contributed by atoms with van der Waals surface area (Å²) in [7, 11) is 0. The minimum absolute atomic E-state index is 0.313. The number of benzene rings is 1. The number of nitriles is 1. The maximum Gasteiger partial charge on any atom is 0.421 e. The molecule has 10 heteroatoms. The molecule has 0 fully saturated rings. The van der Waals surface area contributed by atoms with Crippen molar-refractivity contribution in [1.29, 1.82) is 5.26 Å². The molecule has 1 amide bonds. The number of halogens is 4. The first-order valence-electron chi connectivity index (χ1n) is 11.0. The summed E-state index contributed by atoms with van der Waals surface area (Å²) >= 11 is 6.00. The fourth-order valence-electron chi connectivity index (χ4n) is 3.64. The molecule has 3 aromatic rings. The van der Waals surface area contributed by atoms with Crippen LogP contribution in [0.3, 0.4) is 0 Å². The third kappa shape index (κ3) is 6.73. The Bertz CT molecular complexity index is 1260. The van der Waals surface area contributed by atoms with Crippen molar-refractivity contribution in [2.24, 2.45) is 0 Å². The molecule has 0 bridgehead atoms. The molecule has 3 rings (SSSR count). The number of carbonyl (C=O) groups is 1. The quantitative estimate of drug-likeness (QED) is 0.414. The number of hydrogen-bond acceptors (Lipinski definition) is 5. The first kappa shape index (κ1) is 27.0. The highest BCUT2D eigenvalue weighted by Gasteiger charge is 2.39. The van der Waals surface area contributed by atoms with Gasteiger partial charge in [-0.3, -0.25) is 9.78 Å². The maximum atomic E-state index is 13.4. The van der Waals surface area contributed by atoms with Gasteiger partial charge in [0.05, 0.1) is 5.56 Å². The number of nitrogens with zero attached hydrogens (tertiary/aromatic N) is 3. The number of aromatic nitrogens is 2. The van der Waals surface area contributed by atoms with Crippen LogP contribution in [0.15, 0.2) is 61.1 Å². The Morgan fingerprint density at radius 1 is 1.19 bits per heavy atom. The van der Waals surface area contributed by atoms with Gasteiger partial charge in [-0.2, -0.15) is 18.4 Å². The average molecular weight is 517 g/mol. The average Bonchev–Trinajstić information content (AvgIpc) is 2.83. The van der Waals surface area contributed by atoms with E-state index in [0.29, 0.717) is 17.0 Å². The molecule has 1 N–H and O–H groups in total. The lowest BCUT2D eigenvalue weighted by Gasteiger charge is -2.31. The zero-order valence-corrected chi connectivity index (χ0v) is 20.6. The molecule has 2 heterocycles. The highest BCUT2D eigenvalue weighted by atomic mass is 35.5. The maximum absolute atomic E-state index is 13.4. The van der Waals surface area contributed by atoms with Crippen LogP contribution in [0.2, 0.25) is 5.02 Å². The summed E-state index contributed by atoms with van der Waals surface area (Å²) in [4.78, 5) is 21.0. The lowest BCUT2D eigenvalue weighted by molar-refractivity contribution is -0.144. The van der Waals surface area contributed by atoms with Crippen LogP contribution in [-0.4, -0.2) is 27.5 Å². The largest absolute Gasteiger partial charge is 0.461 e. The Morgan fingerprint density at radius 2 is 1.89 bits per heavy atom. The Kier molecular flexibility index (Phi) is 8.21. The van der Waals surface area contributed by atoms with Crippen LogP contribution in [0.25, 0.3) is 0 Å². The zero-order valence-electron chi connectivity index (χ0n) is 19.8. The number of alkyl halides is 3. The first-order chi connectivity index (χ1) is 16.9. The number of amides is 1. The molecule has 0 saturated heterocycles. The van der Waals surface area contributed by atoms with E-state index in [-0.39, 0.29) is 5.92 Å². The van der Waals surface area contributed by atoms with Gasteiger partial charge in [0.1, 0.15) is 11.6 Å². The molecule has 2 atom stereocenters. The summed E-state index contributed by atoms with van der Waals surface area (Å²) in [5.74, 6) is -1.62. The predicted molar refractivity (Wildman–Crippen MR) is 128 cm³/mol. The van der Waals surface area contributed by atoms with Gasteiger partial charge < -0.3 is 10.1 Å². The molecule has 1 aromatic carbocycles. The van der Waals surface area contributed by atoms with Gasteiger partial charge in [0, 0.05) is 35.6 Å². The number of pyridine rings is 2. The van der Waals surface area contributed by atoms with Crippen molar-refractivity contribution in [2.45, 2.75) is 50.9 Å². The van der Waals surface area contributed by atoms with Gasteiger partial charge in [0.2, 0.25) is 5.88 Å². The second-order valence-corrected chi connectivity index (χ2v) is 9.22. The molecule has 2 unspecified atom stereocenters. The van der Waals surface area contributed by atoms with Gasteiger partial charge in [-0.25, -0.2) is 4.98 Å². The molecule has 0 aliphatic rings. The van der Waals surface area contributed by atoms with Gasteiger partial charge in [-0.1, -0.05) is 23.7 Å². The van der Waals surface area contributed by atoms with Crippen LogP contribution >= 0.6 is 11.6 Å². The molecule has 0 saturated carbocycles. The Balaban J connectivity index is 1.85. The molecule has 6 nitrogen and oxygen atoms in total. The van der Waals surface area contributed by atoms with Crippen molar-refractivity contribution in [1.82, 2.24) is 15.3 Å². The van der Waals surface area contributed by atoms with Gasteiger partial charge in [-0.15, -0.1) is 0 Å². The smallest absolute Gasteiger partial charge is 0.421 e. The summed E-state index contributed by atoms with van der Waals surface area (Å²) in [6, 6.07) is 12.5. The number of rotatable bonds is 8. The van der Waals surface area contributed by atoms with E-state index in [9.17, 15) is 23.2 Å². The zero-order chi connectivity index (χ0) is 26.5. The second kappa shape index (κ2) is 11.0. The fourth-order valence-corrected chi connectivity index (χ4v) is 3.76. The van der Waals surface area contributed by atoms with E-state index in [2.05, 4.69) is 21.4 Å². The summed E-state index contributed by atoms with van der Waals surface area (Å²) in [5, 5.41) is 12.7. The standard InChI is InChI=1S/C26H24ClF3N4O2/c1-16(34-24(35)25(2,3)36-23-22(26(28,29)30)5-4-10-33-23)21(12-17-6-8-20(27)9-7-17)19-11-18(13-31)14-32-15-19/h4-11,14-16,21H,12H2,1-3H3,(H,34,35). The monoisotopic (exact) mass is 516 g/mol. The van der Waals surface area contributed by atoms with E-state index < -0.39 is 35.2 Å². The Morgan fingerprint density at radius 3 is 2.53 bits per heavy atom. The summed E-state index contributed by atoms with van der Waals surface area (Å²) in [6.45, 7) is 4.52. The molecular weight excluding hydrogens is 493 g/mol. The molecule has 2 aromatic heterocycles. The van der Waals surface area contributed by atoms with Crippen molar-refractivity contribution >= 4 is 17.5 Å². The molecule has 0 spiro atoms. The van der Waals surface area contributed by atoms with E-state index in [1.807, 2.05) is 12.1 Å². The van der Waals surface area contributed by atoms with E-state index >= 15 is 0 Å². The summed E-state index contributed by atoms with van der Waals surface area (Å²) < 4.78 is 45.6. The van der Waals surface area contributed by atoms with Crippen LogP contribution in [0, 0.1) is 11.3 Å². The van der Waals surface area contributed by atoms with Crippen LogP contribution < -0.4 is 10.1 Å². The highest BCUT2D eigenvalue weighted by molar-refractivity contribution is 6.30. The van der Waals surface area contributed by atoms with Gasteiger partial charge in [0.15, 0.2) is 5.60 Å². The molecule has 0 aliphatic carbocycles. The number of hydrogen-bond donors (Lipinski definition) is 1. The molecule has 0 aliphatic heterocycles. The van der Waals surface area contributed by atoms with Crippen LogP contribution in [0.4, 0.5) is 13.2 Å².